The first kappa shape index (κ1) is 18.7. The van der Waals surface area contributed by atoms with E-state index >= 15 is 0 Å². The lowest BCUT2D eigenvalue weighted by atomic mass is 9.87. The molecule has 1 N–H and O–H groups in total. The number of nitrogens with one attached hydrogen (secondary N) is 1. The Morgan fingerprint density at radius 2 is 1.84 bits per heavy atom. The van der Waals surface area contributed by atoms with Crippen LogP contribution in [0.4, 0.5) is 0 Å². The zero-order valence-corrected chi connectivity index (χ0v) is 15.5. The fraction of sp³-hybridized carbons (Fsp3) is 0.421. The molecule has 1 aromatic carbocycles. The first-order valence-electron chi connectivity index (χ1n) is 8.27. The summed E-state index contributed by atoms with van der Waals surface area (Å²) in [6, 6.07) is 7.48. The van der Waals surface area contributed by atoms with Crippen molar-refractivity contribution in [3.8, 4) is 0 Å². The molecule has 1 heterocycles. The maximum atomic E-state index is 12.2. The Kier molecular flexibility index (Phi) is 5.62. The number of aromatic nitrogens is 2. The molecule has 0 saturated carbocycles. The van der Waals surface area contributed by atoms with Crippen molar-refractivity contribution in [1.29, 1.82) is 0 Å². The van der Waals surface area contributed by atoms with Gasteiger partial charge in [-0.1, -0.05) is 32.9 Å². The summed E-state index contributed by atoms with van der Waals surface area (Å²) in [5.41, 5.74) is 2.70. The zero-order chi connectivity index (χ0) is 18.6. The van der Waals surface area contributed by atoms with Gasteiger partial charge in [-0.25, -0.2) is 0 Å². The second-order valence-electron chi connectivity index (χ2n) is 7.28. The Morgan fingerprint density at radius 3 is 2.36 bits per heavy atom. The van der Waals surface area contributed by atoms with Crippen LogP contribution in [0.15, 0.2) is 36.7 Å². The van der Waals surface area contributed by atoms with Crippen LogP contribution in [0.5, 0.6) is 0 Å². The van der Waals surface area contributed by atoms with Crippen LogP contribution in [0.1, 0.15) is 42.3 Å². The molecule has 0 radical (unpaired) electrons. The number of hydrogen-bond acceptors (Lipinski definition) is 3. The number of benzene rings is 1. The first-order valence-corrected chi connectivity index (χ1v) is 8.27. The van der Waals surface area contributed by atoms with E-state index in [4.69, 9.17) is 0 Å². The standard InChI is InChI=1S/C19H26N4O2/c1-19(2,3)16-8-6-15(7-9-16)18(25)20-11-17(24)22(4)12-14-10-21-23(5)13-14/h6-10,13H,11-12H2,1-5H3,(H,20,25). The molecule has 0 aliphatic carbocycles. The molecule has 134 valence electrons. The van der Waals surface area contributed by atoms with Gasteiger partial charge >= 0.3 is 0 Å². The lowest BCUT2D eigenvalue weighted by molar-refractivity contribution is -0.129. The summed E-state index contributed by atoms with van der Waals surface area (Å²) in [6.07, 6.45) is 3.58. The molecular formula is C19H26N4O2. The molecule has 0 spiro atoms. The van der Waals surface area contributed by atoms with E-state index in [1.165, 1.54) is 0 Å². The Hall–Kier alpha value is -2.63. The molecule has 2 rings (SSSR count). The van der Waals surface area contributed by atoms with Gasteiger partial charge in [0.05, 0.1) is 12.7 Å². The minimum absolute atomic E-state index is 0.0311. The Balaban J connectivity index is 1.87. The van der Waals surface area contributed by atoms with Crippen LogP contribution in [0.3, 0.4) is 0 Å². The molecule has 6 nitrogen and oxygen atoms in total. The Morgan fingerprint density at radius 1 is 1.20 bits per heavy atom. The topological polar surface area (TPSA) is 67.2 Å². The van der Waals surface area contributed by atoms with E-state index in [0.29, 0.717) is 12.1 Å². The number of aryl methyl sites for hydroxylation is 1. The van der Waals surface area contributed by atoms with Crippen LogP contribution in [0.25, 0.3) is 0 Å². The van der Waals surface area contributed by atoms with Gasteiger partial charge in [-0.2, -0.15) is 5.10 Å². The van der Waals surface area contributed by atoms with E-state index in [9.17, 15) is 9.59 Å². The van der Waals surface area contributed by atoms with Gasteiger partial charge < -0.3 is 10.2 Å². The molecular weight excluding hydrogens is 316 g/mol. The van der Waals surface area contributed by atoms with Gasteiger partial charge in [-0.05, 0) is 23.1 Å². The third kappa shape index (κ3) is 5.17. The smallest absolute Gasteiger partial charge is 0.251 e. The molecule has 6 heteroatoms. The second kappa shape index (κ2) is 7.51. The van der Waals surface area contributed by atoms with E-state index in [-0.39, 0.29) is 23.8 Å². The average molecular weight is 342 g/mol. The normalized spacial score (nSPS) is 11.2. The van der Waals surface area contributed by atoms with E-state index in [1.54, 1.807) is 35.0 Å². The van der Waals surface area contributed by atoms with Crippen LogP contribution in [-0.4, -0.2) is 40.1 Å². The number of carbonyl (C=O) groups is 2. The number of rotatable bonds is 5. The van der Waals surface area contributed by atoms with Gasteiger partial charge in [0.1, 0.15) is 0 Å². The summed E-state index contributed by atoms with van der Waals surface area (Å²) >= 11 is 0. The van der Waals surface area contributed by atoms with Crippen molar-refractivity contribution in [1.82, 2.24) is 20.0 Å². The third-order valence-corrected chi connectivity index (χ3v) is 4.02. The number of nitrogens with zero attached hydrogens (tertiary/aromatic N) is 3. The van der Waals surface area contributed by atoms with Crippen molar-refractivity contribution >= 4 is 11.8 Å². The van der Waals surface area contributed by atoms with Crippen molar-refractivity contribution in [2.45, 2.75) is 32.7 Å². The number of carbonyl (C=O) groups excluding carboxylic acids is 2. The Bertz CT molecular complexity index is 742. The molecule has 0 unspecified atom stereocenters. The molecule has 1 aromatic heterocycles. The predicted molar refractivity (Wildman–Crippen MR) is 97.2 cm³/mol. The van der Waals surface area contributed by atoms with Gasteiger partial charge in [-0.3, -0.25) is 14.3 Å². The maximum Gasteiger partial charge on any atom is 0.251 e. The fourth-order valence-electron chi connectivity index (χ4n) is 2.43. The monoisotopic (exact) mass is 342 g/mol. The van der Waals surface area contributed by atoms with Gasteiger partial charge in [0.15, 0.2) is 0 Å². The summed E-state index contributed by atoms with van der Waals surface area (Å²) in [7, 11) is 3.54. The summed E-state index contributed by atoms with van der Waals surface area (Å²) in [4.78, 5) is 25.9. The lowest BCUT2D eigenvalue weighted by Crippen LogP contribution is -2.37. The maximum absolute atomic E-state index is 12.2. The van der Waals surface area contributed by atoms with Crippen LogP contribution in [-0.2, 0) is 23.8 Å². The SMILES string of the molecule is CN(Cc1cnn(C)c1)C(=O)CNC(=O)c1ccc(C(C)(C)C)cc1. The average Bonchev–Trinajstić information content (AvgIpc) is 2.96. The van der Waals surface area contributed by atoms with Crippen molar-refractivity contribution in [2.75, 3.05) is 13.6 Å². The summed E-state index contributed by atoms with van der Waals surface area (Å²) in [5.74, 6) is -0.396. The highest BCUT2D eigenvalue weighted by Gasteiger charge is 2.15. The molecule has 0 aliphatic rings. The zero-order valence-electron chi connectivity index (χ0n) is 15.5. The van der Waals surface area contributed by atoms with Crippen molar-refractivity contribution < 1.29 is 9.59 Å². The first-order chi connectivity index (χ1) is 11.7. The molecule has 0 aliphatic heterocycles. The Labute approximate surface area is 148 Å². The molecule has 2 amide bonds. The van der Waals surface area contributed by atoms with Crippen LogP contribution in [0.2, 0.25) is 0 Å². The van der Waals surface area contributed by atoms with E-state index in [2.05, 4.69) is 31.2 Å². The van der Waals surface area contributed by atoms with Crippen LogP contribution in [0, 0.1) is 0 Å². The molecule has 0 atom stereocenters. The van der Waals surface area contributed by atoms with Crippen molar-refractivity contribution in [3.05, 3.63) is 53.3 Å². The van der Waals surface area contributed by atoms with E-state index in [1.807, 2.05) is 25.4 Å². The summed E-state index contributed by atoms with van der Waals surface area (Å²) < 4.78 is 1.69. The molecule has 0 bridgehead atoms. The number of likely N-dealkylation sites (N-methyl/N-ethyl adjacent to an activating group) is 1. The van der Waals surface area contributed by atoms with Gasteiger partial charge in [0.25, 0.3) is 5.91 Å². The van der Waals surface area contributed by atoms with Crippen LogP contribution >= 0.6 is 0 Å². The van der Waals surface area contributed by atoms with E-state index < -0.39 is 0 Å². The largest absolute Gasteiger partial charge is 0.343 e. The molecule has 2 aromatic rings. The van der Waals surface area contributed by atoms with E-state index in [0.717, 1.165) is 11.1 Å². The highest BCUT2D eigenvalue weighted by Crippen LogP contribution is 2.22. The third-order valence-electron chi connectivity index (χ3n) is 4.02. The van der Waals surface area contributed by atoms with Gasteiger partial charge in [0, 0.05) is 38.0 Å². The van der Waals surface area contributed by atoms with Crippen molar-refractivity contribution in [3.63, 3.8) is 0 Å². The van der Waals surface area contributed by atoms with Crippen molar-refractivity contribution in [2.24, 2.45) is 7.05 Å². The van der Waals surface area contributed by atoms with Gasteiger partial charge in [-0.15, -0.1) is 0 Å². The highest BCUT2D eigenvalue weighted by atomic mass is 16.2. The summed E-state index contributed by atoms with van der Waals surface area (Å²) in [6.45, 7) is 6.80. The quantitative estimate of drug-likeness (QED) is 0.905. The number of hydrogen-bond donors (Lipinski definition) is 1. The molecule has 25 heavy (non-hydrogen) atoms. The summed E-state index contributed by atoms with van der Waals surface area (Å²) in [5, 5.41) is 6.75. The highest BCUT2D eigenvalue weighted by molar-refractivity contribution is 5.96. The molecule has 0 fully saturated rings. The fourth-order valence-corrected chi connectivity index (χ4v) is 2.43. The second-order valence-corrected chi connectivity index (χ2v) is 7.28. The number of amides is 2. The minimum Gasteiger partial charge on any atom is -0.343 e. The molecule has 0 saturated heterocycles. The minimum atomic E-state index is -0.247. The van der Waals surface area contributed by atoms with Crippen LogP contribution < -0.4 is 5.32 Å². The van der Waals surface area contributed by atoms with Gasteiger partial charge in [0.2, 0.25) is 5.91 Å². The predicted octanol–water partition coefficient (Wildman–Crippen LogP) is 2.11. The lowest BCUT2D eigenvalue weighted by Gasteiger charge is -2.19.